The van der Waals surface area contributed by atoms with Crippen molar-refractivity contribution in [2.45, 2.75) is 6.54 Å². The predicted octanol–water partition coefficient (Wildman–Crippen LogP) is 4.40. The molecule has 3 rings (SSSR count). The average molecular weight is 332 g/mol. The minimum Gasteiger partial charge on any atom is -0.334 e. The van der Waals surface area contributed by atoms with Crippen molar-refractivity contribution >= 4 is 33.1 Å². The first-order chi connectivity index (χ1) is 9.69. The van der Waals surface area contributed by atoms with Crippen molar-refractivity contribution in [2.75, 3.05) is 0 Å². The Morgan fingerprint density at radius 2 is 1.95 bits per heavy atom. The maximum absolute atomic E-state index is 13.3. The summed E-state index contributed by atoms with van der Waals surface area (Å²) >= 11 is 3.48. The highest BCUT2D eigenvalue weighted by atomic mass is 79.9. The van der Waals surface area contributed by atoms with Crippen LogP contribution >= 0.6 is 15.9 Å². The Labute approximate surface area is 124 Å². The highest BCUT2D eigenvalue weighted by Gasteiger charge is 2.10. The van der Waals surface area contributed by atoms with Crippen LogP contribution in [0, 0.1) is 5.82 Å². The van der Waals surface area contributed by atoms with Gasteiger partial charge >= 0.3 is 0 Å². The molecule has 0 atom stereocenters. The lowest BCUT2D eigenvalue weighted by Gasteiger charge is -2.08. The van der Waals surface area contributed by atoms with Crippen molar-refractivity contribution in [2.24, 2.45) is 0 Å². The summed E-state index contributed by atoms with van der Waals surface area (Å²) in [6, 6.07) is 14.1. The second-order valence-corrected chi connectivity index (χ2v) is 5.43. The van der Waals surface area contributed by atoms with Crippen molar-refractivity contribution in [3.05, 3.63) is 70.1 Å². The van der Waals surface area contributed by atoms with Gasteiger partial charge in [0.25, 0.3) is 0 Å². The van der Waals surface area contributed by atoms with Crippen LogP contribution in [0.1, 0.15) is 16.1 Å². The van der Waals surface area contributed by atoms with Crippen molar-refractivity contribution in [1.82, 2.24) is 4.57 Å². The summed E-state index contributed by atoms with van der Waals surface area (Å²) in [5.41, 5.74) is 2.35. The topological polar surface area (TPSA) is 22.0 Å². The Balaban J connectivity index is 2.15. The second kappa shape index (κ2) is 5.21. The van der Waals surface area contributed by atoms with Crippen LogP contribution in [0.3, 0.4) is 0 Å². The lowest BCUT2D eigenvalue weighted by molar-refractivity contribution is 0.111. The van der Waals surface area contributed by atoms with Gasteiger partial charge in [-0.1, -0.05) is 34.1 Å². The molecule has 0 spiro atoms. The van der Waals surface area contributed by atoms with E-state index >= 15 is 0 Å². The zero-order valence-corrected chi connectivity index (χ0v) is 12.1. The molecule has 0 radical (unpaired) electrons. The summed E-state index contributed by atoms with van der Waals surface area (Å²) < 4.78 is 16.1. The van der Waals surface area contributed by atoms with Gasteiger partial charge in [0, 0.05) is 16.4 Å². The summed E-state index contributed by atoms with van der Waals surface area (Å²) in [6.45, 7) is 0.464. The quantitative estimate of drug-likeness (QED) is 0.652. The van der Waals surface area contributed by atoms with Gasteiger partial charge in [0.15, 0.2) is 6.29 Å². The highest BCUT2D eigenvalue weighted by Crippen LogP contribution is 2.27. The highest BCUT2D eigenvalue weighted by molar-refractivity contribution is 9.10. The van der Waals surface area contributed by atoms with Crippen molar-refractivity contribution in [3.63, 3.8) is 0 Å². The summed E-state index contributed by atoms with van der Waals surface area (Å²) in [5, 5.41) is 0.978. The molecule has 3 aromatic rings. The molecule has 2 nitrogen and oxygen atoms in total. The molecule has 0 unspecified atom stereocenters. The normalized spacial score (nSPS) is 10.9. The van der Waals surface area contributed by atoms with Crippen LogP contribution in [0.25, 0.3) is 10.9 Å². The molecule has 4 heteroatoms. The minimum atomic E-state index is -0.271. The number of carbonyl (C=O) groups is 1. The molecule has 0 aliphatic heterocycles. The summed E-state index contributed by atoms with van der Waals surface area (Å²) in [7, 11) is 0. The van der Waals surface area contributed by atoms with Crippen LogP contribution in [-0.2, 0) is 6.54 Å². The van der Waals surface area contributed by atoms with E-state index in [0.717, 1.165) is 27.2 Å². The molecule has 2 aromatic carbocycles. The fourth-order valence-corrected chi connectivity index (χ4v) is 2.83. The minimum absolute atomic E-state index is 0.271. The van der Waals surface area contributed by atoms with E-state index in [1.165, 1.54) is 12.1 Å². The fraction of sp³-hybridized carbons (Fsp3) is 0.0625. The van der Waals surface area contributed by atoms with Crippen molar-refractivity contribution in [3.8, 4) is 0 Å². The number of carbonyl (C=O) groups excluding carboxylic acids is 1. The average Bonchev–Trinajstić information content (AvgIpc) is 2.79. The zero-order valence-electron chi connectivity index (χ0n) is 10.5. The van der Waals surface area contributed by atoms with E-state index in [4.69, 9.17) is 0 Å². The summed E-state index contributed by atoms with van der Waals surface area (Å²) in [4.78, 5) is 11.3. The third kappa shape index (κ3) is 2.27. The van der Waals surface area contributed by atoms with Crippen LogP contribution in [0.5, 0.6) is 0 Å². The van der Waals surface area contributed by atoms with E-state index in [1.807, 2.05) is 34.9 Å². The van der Waals surface area contributed by atoms with E-state index in [-0.39, 0.29) is 5.82 Å². The van der Waals surface area contributed by atoms with Gasteiger partial charge in [-0.05, 0) is 35.9 Å². The van der Waals surface area contributed by atoms with Gasteiger partial charge in [-0.3, -0.25) is 4.79 Å². The third-order valence-corrected chi connectivity index (χ3v) is 3.97. The smallest absolute Gasteiger partial charge is 0.166 e. The molecule has 0 fully saturated rings. The monoisotopic (exact) mass is 331 g/mol. The number of fused-ring (bicyclic) bond motifs is 1. The maximum Gasteiger partial charge on any atom is 0.166 e. The molecule has 1 aromatic heterocycles. The van der Waals surface area contributed by atoms with Crippen LogP contribution in [0.15, 0.2) is 53.0 Å². The standard InChI is InChI=1S/C16H11BrFNO/c17-15-5-2-6-16-14(15)8-13(10-20)19(16)9-11-3-1-4-12(18)7-11/h1-8,10H,9H2. The van der Waals surface area contributed by atoms with Crippen LogP contribution in [0.2, 0.25) is 0 Å². The Bertz CT molecular complexity index is 794. The van der Waals surface area contributed by atoms with Crippen molar-refractivity contribution in [1.29, 1.82) is 0 Å². The number of rotatable bonds is 3. The lowest BCUT2D eigenvalue weighted by Crippen LogP contribution is -2.03. The summed E-state index contributed by atoms with van der Waals surface area (Å²) in [6.07, 6.45) is 0.825. The third-order valence-electron chi connectivity index (χ3n) is 3.28. The first-order valence-electron chi connectivity index (χ1n) is 6.16. The van der Waals surface area contributed by atoms with E-state index in [2.05, 4.69) is 15.9 Å². The summed E-state index contributed by atoms with van der Waals surface area (Å²) in [5.74, 6) is -0.271. The molecule has 0 saturated heterocycles. The number of hydrogen-bond acceptors (Lipinski definition) is 1. The molecule has 100 valence electrons. The molecule has 0 amide bonds. The molecule has 1 heterocycles. The van der Waals surface area contributed by atoms with E-state index in [0.29, 0.717) is 12.2 Å². The molecule has 0 bridgehead atoms. The fourth-order valence-electron chi connectivity index (χ4n) is 2.36. The largest absolute Gasteiger partial charge is 0.334 e. The Morgan fingerprint density at radius 1 is 1.15 bits per heavy atom. The zero-order chi connectivity index (χ0) is 14.1. The SMILES string of the molecule is O=Cc1cc2c(Br)cccc2n1Cc1cccc(F)c1. The van der Waals surface area contributed by atoms with E-state index in [1.54, 1.807) is 6.07 Å². The van der Waals surface area contributed by atoms with Gasteiger partial charge in [0.05, 0.1) is 11.2 Å². The number of benzene rings is 2. The molecule has 0 saturated carbocycles. The maximum atomic E-state index is 13.3. The Morgan fingerprint density at radius 3 is 2.70 bits per heavy atom. The molecule has 0 aliphatic carbocycles. The van der Waals surface area contributed by atoms with Gasteiger partial charge in [0.1, 0.15) is 5.82 Å². The van der Waals surface area contributed by atoms with Gasteiger partial charge in [-0.15, -0.1) is 0 Å². The Hall–Kier alpha value is -1.94. The lowest BCUT2D eigenvalue weighted by atomic mass is 10.2. The first-order valence-corrected chi connectivity index (χ1v) is 6.96. The first kappa shape index (κ1) is 13.1. The molecule has 0 aliphatic rings. The van der Waals surface area contributed by atoms with Crippen LogP contribution in [0.4, 0.5) is 4.39 Å². The van der Waals surface area contributed by atoms with Crippen LogP contribution < -0.4 is 0 Å². The van der Waals surface area contributed by atoms with Gasteiger partial charge in [-0.2, -0.15) is 0 Å². The molecular formula is C16H11BrFNO. The van der Waals surface area contributed by atoms with Crippen LogP contribution in [-0.4, -0.2) is 10.9 Å². The molecular weight excluding hydrogens is 321 g/mol. The van der Waals surface area contributed by atoms with Crippen molar-refractivity contribution < 1.29 is 9.18 Å². The van der Waals surface area contributed by atoms with Gasteiger partial charge in [0.2, 0.25) is 0 Å². The van der Waals surface area contributed by atoms with E-state index < -0.39 is 0 Å². The second-order valence-electron chi connectivity index (χ2n) is 4.58. The number of nitrogens with zero attached hydrogens (tertiary/aromatic N) is 1. The predicted molar refractivity (Wildman–Crippen MR) is 80.5 cm³/mol. The van der Waals surface area contributed by atoms with Gasteiger partial charge in [-0.25, -0.2) is 4.39 Å². The number of hydrogen-bond donors (Lipinski definition) is 0. The molecule has 20 heavy (non-hydrogen) atoms. The van der Waals surface area contributed by atoms with E-state index in [9.17, 15) is 9.18 Å². The molecule has 0 N–H and O–H groups in total. The number of aromatic nitrogens is 1. The number of halogens is 2. The van der Waals surface area contributed by atoms with Gasteiger partial charge < -0.3 is 4.57 Å². The number of aldehydes is 1. The Kier molecular flexibility index (Phi) is 3.40.